The molecule has 0 unspecified atom stereocenters. The number of carbonyl (C=O) groups is 6. The zero-order valence-electron chi connectivity index (χ0n) is 42.1. The predicted octanol–water partition coefficient (Wildman–Crippen LogP) is 10.0. The summed E-state index contributed by atoms with van der Waals surface area (Å²) in [6.07, 6.45) is 2.18. The minimum Gasteiger partial charge on any atom is -0.491 e. The number of hydrogen-bond acceptors (Lipinski definition) is 13. The third-order valence-electron chi connectivity index (χ3n) is 9.84. The van der Waals surface area contributed by atoms with Crippen molar-refractivity contribution in [1.29, 1.82) is 0 Å². The van der Waals surface area contributed by atoms with Crippen LogP contribution in [0.15, 0.2) is 45.3 Å². The molecule has 0 bridgehead atoms. The van der Waals surface area contributed by atoms with Crippen molar-refractivity contribution >= 4 is 79.0 Å². The monoisotopic (exact) mass is 1130 g/mol. The molecule has 2 aliphatic heterocycles. The first-order valence-corrected chi connectivity index (χ1v) is 24.9. The molecule has 2 atom stereocenters. The second kappa shape index (κ2) is 31.0. The SMILES string of the molecule is C.CC(C)N[C@@H]1CCCN(C(=O)OC(C)(C)C)C1.COC(=O)NCCOc1cc(C(=O)Cl)ccc1Br.COC(=O)NCCOc1cc(C(=O)N(C(C)C)[C@@H]2CCCN(C(=O)OC(C)(C)C)C2)ccc1Br. The Balaban J connectivity index is 0.000000574. The molecule has 2 saturated heterocycles. The number of ether oxygens (including phenoxy) is 6. The Morgan fingerprint density at radius 1 is 0.714 bits per heavy atom. The molecule has 2 fully saturated rings. The lowest BCUT2D eigenvalue weighted by Crippen LogP contribution is -2.54. The van der Waals surface area contributed by atoms with Crippen LogP contribution in [-0.4, -0.2) is 152 Å². The Morgan fingerprint density at radius 3 is 1.59 bits per heavy atom. The van der Waals surface area contributed by atoms with Gasteiger partial charge in [-0.2, -0.15) is 0 Å². The van der Waals surface area contributed by atoms with Crippen molar-refractivity contribution in [2.75, 3.05) is 66.7 Å². The number of nitrogens with zero attached hydrogens (tertiary/aromatic N) is 3. The number of alkyl carbamates (subject to hydrolysis) is 2. The summed E-state index contributed by atoms with van der Waals surface area (Å²) >= 11 is 12.1. The average Bonchev–Trinajstić information content (AvgIpc) is 3.26. The Kier molecular flexibility index (Phi) is 28.2. The van der Waals surface area contributed by atoms with E-state index >= 15 is 0 Å². The molecular formula is C49H77Br2ClN6O12. The summed E-state index contributed by atoms with van der Waals surface area (Å²) < 4.78 is 32.4. The number of methoxy groups -OCH3 is 2. The maximum absolute atomic E-state index is 13.6. The highest BCUT2D eigenvalue weighted by Gasteiger charge is 2.35. The van der Waals surface area contributed by atoms with Crippen LogP contribution < -0.4 is 25.4 Å². The minimum absolute atomic E-state index is 0. The molecule has 2 aromatic carbocycles. The van der Waals surface area contributed by atoms with Gasteiger partial charge >= 0.3 is 24.4 Å². The summed E-state index contributed by atoms with van der Waals surface area (Å²) in [7, 11) is 2.57. The highest BCUT2D eigenvalue weighted by molar-refractivity contribution is 9.11. The Labute approximate surface area is 437 Å². The summed E-state index contributed by atoms with van der Waals surface area (Å²) in [5.74, 6) is 0.851. The van der Waals surface area contributed by atoms with Crippen LogP contribution in [0.3, 0.4) is 0 Å². The van der Waals surface area contributed by atoms with Gasteiger partial charge < -0.3 is 59.1 Å². The van der Waals surface area contributed by atoms with Gasteiger partial charge in [-0.3, -0.25) is 9.59 Å². The molecule has 2 aromatic rings. The summed E-state index contributed by atoms with van der Waals surface area (Å²) in [5.41, 5.74) is -0.147. The summed E-state index contributed by atoms with van der Waals surface area (Å²) in [4.78, 5) is 76.4. The first-order valence-electron chi connectivity index (χ1n) is 23.0. The first kappa shape index (κ1) is 63.5. The van der Waals surface area contributed by atoms with E-state index < -0.39 is 28.6 Å². The van der Waals surface area contributed by atoms with Crippen molar-refractivity contribution in [2.45, 2.75) is 138 Å². The topological polar surface area (TPSA) is 204 Å². The van der Waals surface area contributed by atoms with Crippen LogP contribution in [0, 0.1) is 0 Å². The van der Waals surface area contributed by atoms with Gasteiger partial charge in [-0.25, -0.2) is 19.2 Å². The van der Waals surface area contributed by atoms with Crippen molar-refractivity contribution in [3.05, 3.63) is 56.5 Å². The van der Waals surface area contributed by atoms with Crippen molar-refractivity contribution in [3.63, 3.8) is 0 Å². The van der Waals surface area contributed by atoms with Gasteiger partial charge in [-0.05, 0) is 161 Å². The Morgan fingerprint density at radius 2 is 1.16 bits per heavy atom. The molecule has 2 heterocycles. The highest BCUT2D eigenvalue weighted by Crippen LogP contribution is 2.29. The second-order valence-corrected chi connectivity index (χ2v) is 20.8. The third kappa shape index (κ3) is 24.1. The van der Waals surface area contributed by atoms with E-state index in [9.17, 15) is 28.8 Å². The van der Waals surface area contributed by atoms with E-state index in [-0.39, 0.29) is 63.9 Å². The van der Waals surface area contributed by atoms with E-state index in [4.69, 9.17) is 30.5 Å². The van der Waals surface area contributed by atoms with E-state index in [1.807, 2.05) is 65.2 Å². The van der Waals surface area contributed by atoms with Crippen LogP contribution >= 0.6 is 43.5 Å². The number of piperidine rings is 2. The fourth-order valence-electron chi connectivity index (χ4n) is 6.98. The van der Waals surface area contributed by atoms with E-state index in [2.05, 4.69) is 71.1 Å². The highest BCUT2D eigenvalue weighted by atomic mass is 79.9. The molecule has 0 aliphatic carbocycles. The average molecular weight is 1140 g/mol. The Bertz CT molecular complexity index is 2000. The van der Waals surface area contributed by atoms with Gasteiger partial charge in [-0.1, -0.05) is 21.3 Å². The van der Waals surface area contributed by atoms with Gasteiger partial charge in [0.2, 0.25) is 0 Å². The fourth-order valence-corrected chi connectivity index (χ4v) is 7.82. The standard InChI is InChI=1S/C24H36BrN3O6.C13H26N2O2.C11H11BrClNO4.CH4/c1-16(2)28(18-8-7-12-27(15-18)23(31)34-24(3,4)5)21(29)17-9-10-19(25)20(14-17)33-13-11-26-22(30)32-6;1-10(2)14-11-7-6-8-15(9-11)12(16)17-13(3,4)5;1-17-11(16)14-4-5-18-9-6-7(10(13)15)2-3-8(9)12;/h9-10,14,16,18H,7-8,11-13,15H2,1-6H3,(H,26,30);10-11,14H,6-9H2,1-5H3;2-3,6H,4-5H2,1H3,(H,14,16);1H4/t18-;11-;;/m11../s1. The van der Waals surface area contributed by atoms with Gasteiger partial charge in [0.15, 0.2) is 0 Å². The number of halogens is 3. The van der Waals surface area contributed by atoms with Gasteiger partial charge in [-0.15, -0.1) is 0 Å². The van der Waals surface area contributed by atoms with E-state index in [0.717, 1.165) is 38.8 Å². The number of nitrogens with one attached hydrogen (secondary N) is 3. The van der Waals surface area contributed by atoms with Crippen molar-refractivity contribution in [1.82, 2.24) is 30.7 Å². The van der Waals surface area contributed by atoms with Crippen LogP contribution in [0.5, 0.6) is 11.5 Å². The van der Waals surface area contributed by atoms with Crippen LogP contribution in [-0.2, 0) is 18.9 Å². The molecule has 0 radical (unpaired) electrons. The lowest BCUT2D eigenvalue weighted by atomic mass is 10.0. The predicted molar refractivity (Wildman–Crippen MR) is 278 cm³/mol. The molecule has 0 spiro atoms. The molecule has 70 heavy (non-hydrogen) atoms. The number of carbonyl (C=O) groups excluding carboxylic acids is 6. The quantitative estimate of drug-likeness (QED) is 0.0917. The molecule has 5 amide bonds. The van der Waals surface area contributed by atoms with Crippen LogP contribution in [0.25, 0.3) is 0 Å². The lowest BCUT2D eigenvalue weighted by Gasteiger charge is -2.41. The van der Waals surface area contributed by atoms with Gasteiger partial charge in [0.25, 0.3) is 11.1 Å². The maximum Gasteiger partial charge on any atom is 0.410 e. The number of benzene rings is 2. The Hall–Kier alpha value is -4.53. The van der Waals surface area contributed by atoms with Gasteiger partial charge in [0, 0.05) is 55.4 Å². The minimum atomic E-state index is -0.572. The maximum atomic E-state index is 13.6. The molecular weight excluding hydrogens is 1060 g/mol. The fraction of sp³-hybridized carbons (Fsp3) is 0.633. The van der Waals surface area contributed by atoms with Gasteiger partial charge in [0.1, 0.15) is 35.9 Å². The molecule has 3 N–H and O–H groups in total. The van der Waals surface area contributed by atoms with Crippen molar-refractivity contribution < 1.29 is 57.2 Å². The van der Waals surface area contributed by atoms with Gasteiger partial charge in [0.05, 0.1) is 42.3 Å². The van der Waals surface area contributed by atoms with Crippen molar-refractivity contribution in [2.24, 2.45) is 0 Å². The number of amides is 5. The summed E-state index contributed by atoms with van der Waals surface area (Å²) in [5, 5.41) is 7.93. The molecule has 4 rings (SSSR count). The molecule has 21 heteroatoms. The third-order valence-corrected chi connectivity index (χ3v) is 11.4. The largest absolute Gasteiger partial charge is 0.491 e. The number of hydrogen-bond donors (Lipinski definition) is 3. The van der Waals surface area contributed by atoms with Crippen LogP contribution in [0.2, 0.25) is 0 Å². The molecule has 396 valence electrons. The smallest absolute Gasteiger partial charge is 0.410 e. The molecule has 18 nitrogen and oxygen atoms in total. The second-order valence-electron chi connectivity index (χ2n) is 18.7. The van der Waals surface area contributed by atoms with Crippen LogP contribution in [0.4, 0.5) is 19.2 Å². The van der Waals surface area contributed by atoms with E-state index in [1.54, 1.807) is 35.2 Å². The van der Waals surface area contributed by atoms with Crippen LogP contribution in [0.1, 0.15) is 123 Å². The normalized spacial score (nSPS) is 15.6. The molecule has 0 aromatic heterocycles. The number of likely N-dealkylation sites (tertiary alicyclic amines) is 2. The summed E-state index contributed by atoms with van der Waals surface area (Å²) in [6, 6.07) is 10.6. The van der Waals surface area contributed by atoms with Crippen molar-refractivity contribution in [3.8, 4) is 11.5 Å². The van der Waals surface area contributed by atoms with E-state index in [0.29, 0.717) is 56.7 Å². The van der Waals surface area contributed by atoms with E-state index in [1.165, 1.54) is 20.3 Å². The first-order chi connectivity index (χ1) is 32.2. The molecule has 2 aliphatic rings. The molecule has 0 saturated carbocycles. The zero-order chi connectivity index (χ0) is 52.1. The lowest BCUT2D eigenvalue weighted by molar-refractivity contribution is 0.00749. The number of rotatable bonds is 14. The zero-order valence-corrected chi connectivity index (χ0v) is 46.1. The summed E-state index contributed by atoms with van der Waals surface area (Å²) in [6.45, 7) is 23.1.